The lowest BCUT2D eigenvalue weighted by molar-refractivity contribution is -0.384. The highest BCUT2D eigenvalue weighted by Gasteiger charge is 2.23. The minimum absolute atomic E-state index is 0.105. The molecule has 0 aliphatic carbocycles. The number of nitro groups is 1. The second-order valence-electron chi connectivity index (χ2n) is 4.34. The van der Waals surface area contributed by atoms with Crippen LogP contribution < -0.4 is 10.9 Å². The van der Waals surface area contributed by atoms with Crippen molar-refractivity contribution in [2.45, 2.75) is 6.23 Å². The van der Waals surface area contributed by atoms with Crippen LogP contribution in [0.4, 0.5) is 11.6 Å². The van der Waals surface area contributed by atoms with E-state index in [9.17, 15) is 20.0 Å². The Kier molecular flexibility index (Phi) is 2.72. The third-order valence-corrected chi connectivity index (χ3v) is 3.10. The van der Waals surface area contributed by atoms with Gasteiger partial charge in [0.2, 0.25) is 5.95 Å². The summed E-state index contributed by atoms with van der Waals surface area (Å²) in [6.07, 6.45) is 0.363. The number of β-amino-alcohol motifs (C(OH)–C–C–N with tert-alkyl or cyclic N) is 1. The van der Waals surface area contributed by atoms with Gasteiger partial charge in [0.05, 0.1) is 17.0 Å². The van der Waals surface area contributed by atoms with Crippen molar-refractivity contribution in [3.8, 4) is 11.1 Å². The van der Waals surface area contributed by atoms with E-state index < -0.39 is 16.7 Å². The Balaban J connectivity index is 2.17. The van der Waals surface area contributed by atoms with Gasteiger partial charge in [-0.05, 0) is 5.56 Å². The van der Waals surface area contributed by atoms with Crippen LogP contribution in [0.15, 0.2) is 35.3 Å². The first-order chi connectivity index (χ1) is 9.58. The van der Waals surface area contributed by atoms with Crippen LogP contribution in [0.2, 0.25) is 0 Å². The van der Waals surface area contributed by atoms with E-state index in [0.717, 1.165) is 4.57 Å². The molecule has 0 saturated carbocycles. The van der Waals surface area contributed by atoms with Gasteiger partial charge < -0.3 is 10.4 Å². The average molecular weight is 274 g/mol. The number of nitrogens with one attached hydrogen (secondary N) is 1. The van der Waals surface area contributed by atoms with E-state index in [1.54, 1.807) is 6.07 Å². The second kappa shape index (κ2) is 4.42. The lowest BCUT2D eigenvalue weighted by Gasteiger charge is -2.08. The van der Waals surface area contributed by atoms with Gasteiger partial charge in [-0.15, -0.1) is 0 Å². The third kappa shape index (κ3) is 1.82. The van der Waals surface area contributed by atoms with Gasteiger partial charge in [0.25, 0.3) is 11.2 Å². The normalized spacial score (nSPS) is 16.6. The van der Waals surface area contributed by atoms with Crippen molar-refractivity contribution < 1.29 is 10.0 Å². The van der Waals surface area contributed by atoms with E-state index in [0.29, 0.717) is 5.56 Å². The fraction of sp³-hybridized carbons (Fsp3) is 0.167. The highest BCUT2D eigenvalue weighted by molar-refractivity contribution is 5.65. The monoisotopic (exact) mass is 274 g/mol. The first-order valence-electron chi connectivity index (χ1n) is 5.86. The molecule has 1 aromatic heterocycles. The van der Waals surface area contributed by atoms with E-state index in [1.807, 2.05) is 0 Å². The maximum atomic E-state index is 12.3. The van der Waals surface area contributed by atoms with Crippen molar-refractivity contribution in [1.82, 2.24) is 9.55 Å². The number of hydrogen-bond donors (Lipinski definition) is 2. The number of fused-ring (bicyclic) bond motifs is 1. The van der Waals surface area contributed by atoms with Gasteiger partial charge >= 0.3 is 0 Å². The summed E-state index contributed by atoms with van der Waals surface area (Å²) in [5.74, 6) is 0.289. The molecule has 0 saturated heterocycles. The minimum Gasteiger partial charge on any atom is -0.371 e. The summed E-state index contributed by atoms with van der Waals surface area (Å²) in [6.45, 7) is 0.209. The molecular formula is C12H10N4O4. The highest BCUT2D eigenvalue weighted by Crippen LogP contribution is 2.23. The summed E-state index contributed by atoms with van der Waals surface area (Å²) >= 11 is 0. The first-order valence-corrected chi connectivity index (χ1v) is 5.86. The molecule has 0 radical (unpaired) electrons. The Bertz CT molecular complexity index is 755. The van der Waals surface area contributed by atoms with Crippen molar-refractivity contribution in [3.05, 3.63) is 50.9 Å². The molecular weight excluding hydrogens is 264 g/mol. The van der Waals surface area contributed by atoms with Crippen LogP contribution >= 0.6 is 0 Å². The van der Waals surface area contributed by atoms with Gasteiger partial charge in [0.1, 0.15) is 0 Å². The van der Waals surface area contributed by atoms with E-state index in [2.05, 4.69) is 10.3 Å². The zero-order valence-electron chi connectivity index (χ0n) is 10.2. The summed E-state index contributed by atoms with van der Waals surface area (Å²) in [6, 6.07) is 5.74. The van der Waals surface area contributed by atoms with Crippen LogP contribution in [0.3, 0.4) is 0 Å². The van der Waals surface area contributed by atoms with Gasteiger partial charge in [0, 0.05) is 18.3 Å². The number of anilines is 1. The largest absolute Gasteiger partial charge is 0.371 e. The van der Waals surface area contributed by atoms with Crippen LogP contribution in [-0.4, -0.2) is 26.1 Å². The number of benzene rings is 1. The molecule has 2 aromatic rings. The Morgan fingerprint density at radius 2 is 2.30 bits per heavy atom. The number of rotatable bonds is 2. The highest BCUT2D eigenvalue weighted by atomic mass is 16.6. The molecule has 0 amide bonds. The van der Waals surface area contributed by atoms with Gasteiger partial charge in [-0.3, -0.25) is 14.9 Å². The summed E-state index contributed by atoms with van der Waals surface area (Å²) in [4.78, 5) is 26.6. The second-order valence-corrected chi connectivity index (χ2v) is 4.34. The molecule has 3 rings (SSSR count). The molecule has 2 N–H and O–H groups in total. The maximum absolute atomic E-state index is 12.3. The van der Waals surface area contributed by atoms with Crippen LogP contribution in [0.5, 0.6) is 0 Å². The third-order valence-electron chi connectivity index (χ3n) is 3.10. The Morgan fingerprint density at radius 3 is 3.05 bits per heavy atom. The number of aromatic nitrogens is 2. The number of hydrogen-bond acceptors (Lipinski definition) is 6. The summed E-state index contributed by atoms with van der Waals surface area (Å²) in [7, 11) is 0. The molecule has 1 unspecified atom stereocenters. The van der Waals surface area contributed by atoms with Crippen LogP contribution in [0.25, 0.3) is 11.1 Å². The number of non-ortho nitro benzene ring substituents is 1. The fourth-order valence-electron chi connectivity index (χ4n) is 2.14. The Labute approximate surface area is 112 Å². The number of aliphatic hydroxyl groups is 1. The lowest BCUT2D eigenvalue weighted by Crippen LogP contribution is -2.24. The predicted octanol–water partition coefficient (Wildman–Crippen LogP) is 0.735. The number of nitrogens with zero attached hydrogens (tertiary/aromatic N) is 3. The van der Waals surface area contributed by atoms with Crippen LogP contribution in [0, 0.1) is 10.1 Å². The standard InChI is InChI=1S/C12H10N4O4/c17-10-6-14-12-13-5-9(11(18)15(10)12)7-2-1-3-8(4-7)16(19)20/h1-5,10,17H,6H2,(H,13,14). The maximum Gasteiger partial charge on any atom is 0.270 e. The van der Waals surface area contributed by atoms with E-state index in [1.165, 1.54) is 24.4 Å². The molecule has 0 spiro atoms. The van der Waals surface area contributed by atoms with Crippen molar-refractivity contribution in [3.63, 3.8) is 0 Å². The molecule has 1 aliphatic heterocycles. The fourth-order valence-corrected chi connectivity index (χ4v) is 2.14. The SMILES string of the molecule is O=c1c(-c2cccc([N+](=O)[O-])c2)cnc2n1C(O)CN2. The Morgan fingerprint density at radius 1 is 1.50 bits per heavy atom. The van der Waals surface area contributed by atoms with E-state index in [4.69, 9.17) is 0 Å². The summed E-state index contributed by atoms with van der Waals surface area (Å²) in [5, 5.41) is 23.3. The first kappa shape index (κ1) is 12.3. The molecule has 1 aromatic carbocycles. The van der Waals surface area contributed by atoms with Crippen molar-refractivity contribution >= 4 is 11.6 Å². The molecule has 0 bridgehead atoms. The van der Waals surface area contributed by atoms with Crippen molar-refractivity contribution in [2.24, 2.45) is 0 Å². The van der Waals surface area contributed by atoms with Crippen LogP contribution in [-0.2, 0) is 0 Å². The average Bonchev–Trinajstić information content (AvgIpc) is 2.82. The molecule has 0 fully saturated rings. The van der Waals surface area contributed by atoms with E-state index >= 15 is 0 Å². The molecule has 102 valence electrons. The van der Waals surface area contributed by atoms with Gasteiger partial charge in [0.15, 0.2) is 6.23 Å². The number of aliphatic hydroxyl groups excluding tert-OH is 1. The van der Waals surface area contributed by atoms with E-state index in [-0.39, 0.29) is 23.7 Å². The number of nitro benzene ring substituents is 1. The van der Waals surface area contributed by atoms with Crippen molar-refractivity contribution in [2.75, 3.05) is 11.9 Å². The van der Waals surface area contributed by atoms with Gasteiger partial charge in [-0.25, -0.2) is 9.55 Å². The predicted molar refractivity (Wildman–Crippen MR) is 70.3 cm³/mol. The molecule has 20 heavy (non-hydrogen) atoms. The minimum atomic E-state index is -0.983. The van der Waals surface area contributed by atoms with Crippen molar-refractivity contribution in [1.29, 1.82) is 0 Å². The topological polar surface area (TPSA) is 110 Å². The zero-order valence-corrected chi connectivity index (χ0v) is 10.2. The van der Waals surface area contributed by atoms with Crippen LogP contribution in [0.1, 0.15) is 6.23 Å². The molecule has 8 nitrogen and oxygen atoms in total. The smallest absolute Gasteiger partial charge is 0.270 e. The molecule has 2 heterocycles. The lowest BCUT2D eigenvalue weighted by atomic mass is 10.1. The van der Waals surface area contributed by atoms with Gasteiger partial charge in [-0.2, -0.15) is 0 Å². The quantitative estimate of drug-likeness (QED) is 0.617. The molecule has 1 atom stereocenters. The molecule has 8 heteroatoms. The Hall–Kier alpha value is -2.74. The summed E-state index contributed by atoms with van der Waals surface area (Å²) < 4.78 is 1.13. The molecule has 1 aliphatic rings. The van der Waals surface area contributed by atoms with Gasteiger partial charge in [-0.1, -0.05) is 12.1 Å². The zero-order chi connectivity index (χ0) is 14.3. The summed E-state index contributed by atoms with van der Waals surface area (Å²) in [5.41, 5.74) is 0.0605.